The molecule has 0 radical (unpaired) electrons. The second-order valence-corrected chi connectivity index (χ2v) is 5.67. The third-order valence-corrected chi connectivity index (χ3v) is 4.96. The van der Waals surface area contributed by atoms with Gasteiger partial charge in [0.05, 0.1) is 5.92 Å². The molecule has 1 N–H and O–H groups in total. The van der Waals surface area contributed by atoms with Crippen LogP contribution in [0.25, 0.3) is 0 Å². The normalized spacial score (nSPS) is 20.4. The van der Waals surface area contributed by atoms with E-state index in [-0.39, 0.29) is 11.3 Å². The third kappa shape index (κ3) is 1.50. The fourth-order valence-electron chi connectivity index (χ4n) is 1.84. The zero-order chi connectivity index (χ0) is 10.3. The lowest BCUT2D eigenvalue weighted by molar-refractivity contribution is -0.142. The van der Waals surface area contributed by atoms with Crippen LogP contribution in [-0.4, -0.2) is 11.1 Å². The van der Waals surface area contributed by atoms with E-state index in [1.54, 1.807) is 11.3 Å². The highest BCUT2D eigenvalue weighted by Gasteiger charge is 2.52. The summed E-state index contributed by atoms with van der Waals surface area (Å²) in [4.78, 5) is 12.2. The predicted octanol–water partition coefficient (Wildman–Crippen LogP) is 3.26. The van der Waals surface area contributed by atoms with Crippen LogP contribution in [0.2, 0.25) is 0 Å². The van der Waals surface area contributed by atoms with E-state index in [1.807, 2.05) is 12.3 Å². The van der Waals surface area contributed by atoms with Crippen molar-refractivity contribution in [2.24, 2.45) is 5.92 Å². The summed E-state index contributed by atoms with van der Waals surface area (Å²) < 4.78 is 1.06. The summed E-state index contributed by atoms with van der Waals surface area (Å²) in [6, 6.07) is 2.05. The first kappa shape index (κ1) is 10.2. The van der Waals surface area contributed by atoms with Gasteiger partial charge in [0.1, 0.15) is 0 Å². The van der Waals surface area contributed by atoms with Crippen LogP contribution in [0.3, 0.4) is 0 Å². The predicted molar refractivity (Wildman–Crippen MR) is 59.7 cm³/mol. The monoisotopic (exact) mass is 274 g/mol. The molecule has 1 fully saturated rings. The van der Waals surface area contributed by atoms with Crippen molar-refractivity contribution < 1.29 is 9.90 Å². The van der Waals surface area contributed by atoms with Crippen molar-refractivity contribution in [1.82, 2.24) is 0 Å². The molecule has 14 heavy (non-hydrogen) atoms. The molecular formula is C10H11BrO2S. The number of carbonyl (C=O) groups is 1. The van der Waals surface area contributed by atoms with E-state index < -0.39 is 5.97 Å². The maximum Gasteiger partial charge on any atom is 0.307 e. The Morgan fingerprint density at radius 3 is 2.71 bits per heavy atom. The maximum atomic E-state index is 11.0. The van der Waals surface area contributed by atoms with Gasteiger partial charge in [-0.05, 0) is 34.8 Å². The van der Waals surface area contributed by atoms with Gasteiger partial charge in [0.15, 0.2) is 0 Å². The van der Waals surface area contributed by atoms with Gasteiger partial charge in [-0.2, -0.15) is 0 Å². The fraction of sp³-hybridized carbons (Fsp3) is 0.500. The number of thiophene rings is 1. The molecule has 0 aromatic carbocycles. The quantitative estimate of drug-likeness (QED) is 0.919. The van der Waals surface area contributed by atoms with Crippen LogP contribution in [0, 0.1) is 5.92 Å². The first-order valence-electron chi connectivity index (χ1n) is 4.53. The van der Waals surface area contributed by atoms with Crippen LogP contribution in [-0.2, 0) is 10.2 Å². The summed E-state index contributed by atoms with van der Waals surface area (Å²) >= 11 is 5.06. The summed E-state index contributed by atoms with van der Waals surface area (Å²) in [5.41, 5.74) is -0.0669. The first-order valence-corrected chi connectivity index (χ1v) is 6.21. The topological polar surface area (TPSA) is 37.3 Å². The minimum atomic E-state index is -0.688. The largest absolute Gasteiger partial charge is 0.481 e. The number of hydrogen-bond donors (Lipinski definition) is 1. The zero-order valence-corrected chi connectivity index (χ0v) is 10.2. The molecule has 1 saturated carbocycles. The molecule has 1 aliphatic rings. The molecular weight excluding hydrogens is 264 g/mol. The summed E-state index contributed by atoms with van der Waals surface area (Å²) in [5.74, 6) is -0.958. The summed E-state index contributed by atoms with van der Waals surface area (Å²) in [6.45, 7) is 1.81. The molecule has 0 aliphatic heterocycles. The summed E-state index contributed by atoms with van der Waals surface area (Å²) in [7, 11) is 0. The SMILES string of the molecule is CC(C(=O)O)C1(c2cc(Br)cs2)CC1. The standard InChI is InChI=1S/C10H11BrO2S/c1-6(9(12)13)10(2-3-10)8-4-7(11)5-14-8/h4-6H,2-3H2,1H3,(H,12,13). The van der Waals surface area contributed by atoms with Gasteiger partial charge in [0, 0.05) is 20.1 Å². The van der Waals surface area contributed by atoms with Crippen LogP contribution in [0.1, 0.15) is 24.6 Å². The first-order chi connectivity index (χ1) is 6.56. The third-order valence-electron chi connectivity index (χ3n) is 3.05. The van der Waals surface area contributed by atoms with Crippen LogP contribution in [0.15, 0.2) is 15.9 Å². The molecule has 1 atom stereocenters. The van der Waals surface area contributed by atoms with Crippen LogP contribution in [0.4, 0.5) is 0 Å². The van der Waals surface area contributed by atoms with Crippen LogP contribution < -0.4 is 0 Å². The van der Waals surface area contributed by atoms with E-state index in [4.69, 9.17) is 5.11 Å². The smallest absolute Gasteiger partial charge is 0.307 e. The molecule has 1 unspecified atom stereocenters. The van der Waals surface area contributed by atoms with E-state index in [1.165, 1.54) is 4.88 Å². The van der Waals surface area contributed by atoms with Gasteiger partial charge in [-0.25, -0.2) is 0 Å². The Labute approximate surface area is 95.1 Å². The summed E-state index contributed by atoms with van der Waals surface area (Å²) in [5, 5.41) is 11.0. The number of carboxylic acids is 1. The second kappa shape index (κ2) is 3.35. The molecule has 0 amide bonds. The molecule has 4 heteroatoms. The lowest BCUT2D eigenvalue weighted by atomic mass is 9.89. The zero-order valence-electron chi connectivity index (χ0n) is 7.79. The molecule has 0 bridgehead atoms. The van der Waals surface area contributed by atoms with E-state index in [0.717, 1.165) is 17.3 Å². The molecule has 1 aromatic rings. The van der Waals surface area contributed by atoms with Gasteiger partial charge in [0.25, 0.3) is 0 Å². The van der Waals surface area contributed by atoms with Gasteiger partial charge in [-0.1, -0.05) is 6.92 Å². The number of halogens is 1. The Morgan fingerprint density at radius 1 is 1.71 bits per heavy atom. The van der Waals surface area contributed by atoms with Gasteiger partial charge in [-0.15, -0.1) is 11.3 Å². The Balaban J connectivity index is 2.29. The van der Waals surface area contributed by atoms with Crippen LogP contribution >= 0.6 is 27.3 Å². The minimum Gasteiger partial charge on any atom is -0.481 e. The molecule has 1 aliphatic carbocycles. The molecule has 2 nitrogen and oxygen atoms in total. The Hall–Kier alpha value is -0.350. The van der Waals surface area contributed by atoms with Gasteiger partial charge in [-0.3, -0.25) is 4.79 Å². The highest BCUT2D eigenvalue weighted by molar-refractivity contribution is 9.10. The van der Waals surface area contributed by atoms with Crippen molar-refractivity contribution in [2.75, 3.05) is 0 Å². The van der Waals surface area contributed by atoms with E-state index in [9.17, 15) is 4.79 Å². The molecule has 76 valence electrons. The van der Waals surface area contributed by atoms with Crippen molar-refractivity contribution in [2.45, 2.75) is 25.2 Å². The second-order valence-electron chi connectivity index (χ2n) is 3.85. The lowest BCUT2D eigenvalue weighted by Crippen LogP contribution is -2.24. The molecule has 1 aromatic heterocycles. The number of aliphatic carboxylic acids is 1. The average Bonchev–Trinajstić information content (AvgIpc) is 2.83. The van der Waals surface area contributed by atoms with E-state index >= 15 is 0 Å². The van der Waals surface area contributed by atoms with Gasteiger partial charge >= 0.3 is 5.97 Å². The number of rotatable bonds is 3. The highest BCUT2D eigenvalue weighted by Crippen LogP contribution is 2.56. The minimum absolute atomic E-state index is 0.0669. The Bertz CT molecular complexity index is 368. The van der Waals surface area contributed by atoms with Crippen molar-refractivity contribution in [1.29, 1.82) is 0 Å². The van der Waals surface area contributed by atoms with Gasteiger partial charge < -0.3 is 5.11 Å². The average molecular weight is 275 g/mol. The Morgan fingerprint density at radius 2 is 2.36 bits per heavy atom. The molecule has 0 saturated heterocycles. The van der Waals surface area contributed by atoms with E-state index in [2.05, 4.69) is 22.0 Å². The van der Waals surface area contributed by atoms with Crippen molar-refractivity contribution in [3.8, 4) is 0 Å². The van der Waals surface area contributed by atoms with Crippen molar-refractivity contribution >= 4 is 33.2 Å². The number of hydrogen-bond acceptors (Lipinski definition) is 2. The van der Waals surface area contributed by atoms with Crippen molar-refractivity contribution in [3.63, 3.8) is 0 Å². The Kier molecular flexibility index (Phi) is 2.43. The maximum absolute atomic E-state index is 11.0. The molecule has 2 rings (SSSR count). The fourth-order valence-corrected chi connectivity index (χ4v) is 3.62. The van der Waals surface area contributed by atoms with Crippen LogP contribution in [0.5, 0.6) is 0 Å². The van der Waals surface area contributed by atoms with E-state index in [0.29, 0.717) is 0 Å². The number of carboxylic acid groups (broad SMARTS) is 1. The highest BCUT2D eigenvalue weighted by atomic mass is 79.9. The molecule has 1 heterocycles. The summed E-state index contributed by atoms with van der Waals surface area (Å²) in [6.07, 6.45) is 2.01. The van der Waals surface area contributed by atoms with Crippen molar-refractivity contribution in [3.05, 3.63) is 20.8 Å². The van der Waals surface area contributed by atoms with Gasteiger partial charge in [0.2, 0.25) is 0 Å². The lowest BCUT2D eigenvalue weighted by Gasteiger charge is -2.17. The molecule has 0 spiro atoms.